The van der Waals surface area contributed by atoms with Gasteiger partial charge in [-0.1, -0.05) is 29.3 Å². The predicted molar refractivity (Wildman–Crippen MR) is 87.4 cm³/mol. The van der Waals surface area contributed by atoms with E-state index in [4.69, 9.17) is 30.0 Å². The van der Waals surface area contributed by atoms with Crippen molar-refractivity contribution < 1.29 is 31.6 Å². The summed E-state index contributed by atoms with van der Waals surface area (Å²) in [7, 11) is -3.91. The molecule has 136 valence electrons. The Hall–Kier alpha value is -1.19. The second-order valence-corrected chi connectivity index (χ2v) is 6.60. The first-order valence-corrected chi connectivity index (χ1v) is 9.20. The number of halogens is 1. The molecule has 1 rings (SSSR count). The Morgan fingerprint density at radius 2 is 1.88 bits per heavy atom. The van der Waals surface area contributed by atoms with E-state index < -0.39 is 22.2 Å². The summed E-state index contributed by atoms with van der Waals surface area (Å²) < 4.78 is 44.1. The molecule has 0 fully saturated rings. The minimum atomic E-state index is -3.91. The van der Waals surface area contributed by atoms with Crippen LogP contribution < -0.4 is 0 Å². The van der Waals surface area contributed by atoms with Crippen molar-refractivity contribution >= 4 is 27.7 Å². The van der Waals surface area contributed by atoms with Crippen molar-refractivity contribution in [2.75, 3.05) is 32.5 Å². The molecule has 1 unspecified atom stereocenters. The Morgan fingerprint density at radius 3 is 2.46 bits per heavy atom. The van der Waals surface area contributed by atoms with Crippen LogP contribution in [0.5, 0.6) is 0 Å². The van der Waals surface area contributed by atoms with Gasteiger partial charge in [-0.15, -0.1) is 0 Å². The first kappa shape index (κ1) is 20.9. The van der Waals surface area contributed by atoms with Gasteiger partial charge < -0.3 is 14.2 Å². The van der Waals surface area contributed by atoms with Crippen molar-refractivity contribution in [1.29, 1.82) is 0 Å². The SMILES string of the molecule is CCOC(=O)COCC(COS(=O)(=O)c1ccc(C)cc1)OCCl. The lowest BCUT2D eigenvalue weighted by Crippen LogP contribution is -2.28. The fourth-order valence-electron chi connectivity index (χ4n) is 1.65. The zero-order valence-electron chi connectivity index (χ0n) is 13.6. The molecule has 0 aromatic heterocycles. The van der Waals surface area contributed by atoms with Gasteiger partial charge >= 0.3 is 5.97 Å². The molecule has 1 aromatic rings. The van der Waals surface area contributed by atoms with E-state index in [2.05, 4.69) is 0 Å². The maximum Gasteiger partial charge on any atom is 0.332 e. The van der Waals surface area contributed by atoms with E-state index in [-0.39, 0.29) is 37.4 Å². The van der Waals surface area contributed by atoms with Crippen molar-refractivity contribution in [3.63, 3.8) is 0 Å². The molecular weight excluding hydrogens is 360 g/mol. The first-order valence-electron chi connectivity index (χ1n) is 7.26. The van der Waals surface area contributed by atoms with Crippen molar-refractivity contribution in [2.45, 2.75) is 24.8 Å². The lowest BCUT2D eigenvalue weighted by Gasteiger charge is -2.16. The molecule has 0 bridgehead atoms. The molecule has 0 spiro atoms. The Balaban J connectivity index is 2.52. The smallest absolute Gasteiger partial charge is 0.332 e. The molecule has 1 atom stereocenters. The van der Waals surface area contributed by atoms with Gasteiger partial charge in [0.2, 0.25) is 0 Å². The number of benzene rings is 1. The molecule has 0 radical (unpaired) electrons. The second kappa shape index (κ2) is 10.6. The molecule has 7 nitrogen and oxygen atoms in total. The molecule has 0 aliphatic heterocycles. The fraction of sp³-hybridized carbons (Fsp3) is 0.533. The van der Waals surface area contributed by atoms with Crippen LogP contribution in [0.3, 0.4) is 0 Å². The van der Waals surface area contributed by atoms with Crippen molar-refractivity contribution in [3.05, 3.63) is 29.8 Å². The molecule has 24 heavy (non-hydrogen) atoms. The van der Waals surface area contributed by atoms with E-state index in [1.807, 2.05) is 6.92 Å². The van der Waals surface area contributed by atoms with Crippen LogP contribution in [0.1, 0.15) is 12.5 Å². The minimum absolute atomic E-state index is 0.0464. The van der Waals surface area contributed by atoms with Crippen molar-refractivity contribution in [1.82, 2.24) is 0 Å². The normalized spacial score (nSPS) is 12.8. The summed E-state index contributed by atoms with van der Waals surface area (Å²) >= 11 is 5.50. The third-order valence-corrected chi connectivity index (χ3v) is 4.27. The standard InChI is InChI=1S/C15H21ClO7S/c1-3-21-15(17)10-20-8-13(22-11-16)9-23-24(18,19)14-6-4-12(2)5-7-14/h4-7,13H,3,8-11H2,1-2H3. The third kappa shape index (κ3) is 7.59. The molecule has 0 aliphatic carbocycles. The summed E-state index contributed by atoms with van der Waals surface area (Å²) in [4.78, 5) is 11.2. The summed E-state index contributed by atoms with van der Waals surface area (Å²) in [6, 6.07) is 6.09. The average Bonchev–Trinajstić information content (AvgIpc) is 2.53. The van der Waals surface area contributed by atoms with Crippen LogP contribution in [0.25, 0.3) is 0 Å². The van der Waals surface area contributed by atoms with Crippen molar-refractivity contribution in [3.8, 4) is 0 Å². The van der Waals surface area contributed by atoms with E-state index >= 15 is 0 Å². The van der Waals surface area contributed by atoms with E-state index in [9.17, 15) is 13.2 Å². The van der Waals surface area contributed by atoms with Crippen LogP contribution in [-0.2, 0) is 33.3 Å². The predicted octanol–water partition coefficient (Wildman–Crippen LogP) is 1.86. The summed E-state index contributed by atoms with van der Waals surface area (Å²) in [6.45, 7) is 3.17. The monoisotopic (exact) mass is 380 g/mol. The lowest BCUT2D eigenvalue weighted by atomic mass is 10.2. The summed E-state index contributed by atoms with van der Waals surface area (Å²) in [5, 5.41) is 0. The lowest BCUT2D eigenvalue weighted by molar-refractivity contribution is -0.150. The topological polar surface area (TPSA) is 88.1 Å². The summed E-state index contributed by atoms with van der Waals surface area (Å²) in [5.74, 6) is -0.518. The number of hydrogen-bond acceptors (Lipinski definition) is 7. The van der Waals surface area contributed by atoms with Gasteiger partial charge in [0, 0.05) is 0 Å². The van der Waals surface area contributed by atoms with Gasteiger partial charge in [0.25, 0.3) is 10.1 Å². The highest BCUT2D eigenvalue weighted by molar-refractivity contribution is 7.86. The van der Waals surface area contributed by atoms with Crippen LogP contribution in [0, 0.1) is 6.92 Å². The van der Waals surface area contributed by atoms with Gasteiger partial charge in [0.15, 0.2) is 0 Å². The van der Waals surface area contributed by atoms with Gasteiger partial charge in [-0.2, -0.15) is 8.42 Å². The fourth-order valence-corrected chi connectivity index (χ4v) is 2.76. The quantitative estimate of drug-likeness (QED) is 0.329. The highest BCUT2D eigenvalue weighted by atomic mass is 35.5. The maximum atomic E-state index is 12.1. The summed E-state index contributed by atoms with van der Waals surface area (Å²) in [6.07, 6.45) is -0.739. The van der Waals surface area contributed by atoms with Gasteiger partial charge in [-0.25, -0.2) is 4.79 Å². The number of esters is 1. The molecule has 0 aliphatic rings. The van der Waals surface area contributed by atoms with Crippen LogP contribution in [0.2, 0.25) is 0 Å². The first-order chi connectivity index (χ1) is 11.4. The summed E-state index contributed by atoms with van der Waals surface area (Å²) in [5.41, 5.74) is 0.935. The second-order valence-electron chi connectivity index (χ2n) is 4.77. The van der Waals surface area contributed by atoms with Gasteiger partial charge in [0.1, 0.15) is 18.8 Å². The van der Waals surface area contributed by atoms with Crippen LogP contribution >= 0.6 is 11.6 Å². The Kier molecular flexibility index (Phi) is 9.24. The Morgan fingerprint density at radius 1 is 1.21 bits per heavy atom. The van der Waals surface area contributed by atoms with E-state index in [1.165, 1.54) is 12.1 Å². The molecule has 1 aromatic carbocycles. The molecule has 0 saturated carbocycles. The van der Waals surface area contributed by atoms with E-state index in [1.54, 1.807) is 19.1 Å². The molecular formula is C15H21ClO7S. The molecule has 0 N–H and O–H groups in total. The third-order valence-electron chi connectivity index (χ3n) is 2.85. The van der Waals surface area contributed by atoms with E-state index in [0.717, 1.165) is 5.56 Å². The van der Waals surface area contributed by atoms with E-state index in [0.29, 0.717) is 0 Å². The number of ether oxygens (including phenoxy) is 3. The van der Waals surface area contributed by atoms with Crippen LogP contribution in [0.15, 0.2) is 29.2 Å². The maximum absolute atomic E-state index is 12.1. The Labute approximate surface area is 146 Å². The highest BCUT2D eigenvalue weighted by Crippen LogP contribution is 2.14. The number of carbonyl (C=O) groups is 1. The highest BCUT2D eigenvalue weighted by Gasteiger charge is 2.19. The van der Waals surface area contributed by atoms with Crippen molar-refractivity contribution in [2.24, 2.45) is 0 Å². The van der Waals surface area contributed by atoms with Crippen LogP contribution in [-0.4, -0.2) is 53.0 Å². The average molecular weight is 381 g/mol. The minimum Gasteiger partial charge on any atom is -0.464 e. The zero-order valence-corrected chi connectivity index (χ0v) is 15.1. The molecule has 9 heteroatoms. The van der Waals surface area contributed by atoms with Crippen LogP contribution in [0.4, 0.5) is 0 Å². The largest absolute Gasteiger partial charge is 0.464 e. The van der Waals surface area contributed by atoms with Gasteiger partial charge in [-0.05, 0) is 26.0 Å². The van der Waals surface area contributed by atoms with Gasteiger partial charge in [-0.3, -0.25) is 4.18 Å². The molecule has 0 saturated heterocycles. The number of hydrogen-bond donors (Lipinski definition) is 0. The molecule has 0 amide bonds. The number of carbonyl (C=O) groups excluding carboxylic acids is 1. The molecule has 0 heterocycles. The number of aryl methyl sites for hydroxylation is 1. The van der Waals surface area contributed by atoms with Gasteiger partial charge in [0.05, 0.1) is 24.7 Å². The number of alkyl halides is 1. The zero-order chi connectivity index (χ0) is 18.0. The number of rotatable bonds is 11. The Bertz CT molecular complexity index is 601.